The van der Waals surface area contributed by atoms with E-state index in [0.29, 0.717) is 26.4 Å². The van der Waals surface area contributed by atoms with Gasteiger partial charge in [0.2, 0.25) is 0 Å². The van der Waals surface area contributed by atoms with Gasteiger partial charge in [-0.3, -0.25) is 4.99 Å². The molecule has 0 atom stereocenters. The lowest BCUT2D eigenvalue weighted by Crippen LogP contribution is -2.38. The smallest absolute Gasteiger partial charge is 0.191 e. The highest BCUT2D eigenvalue weighted by molar-refractivity contribution is 14.0. The van der Waals surface area contributed by atoms with Gasteiger partial charge >= 0.3 is 0 Å². The van der Waals surface area contributed by atoms with Crippen LogP contribution in [-0.2, 0) is 15.9 Å². The molecule has 0 bridgehead atoms. The fraction of sp³-hybridized carbons (Fsp3) is 0.562. The number of halogens is 2. The third kappa shape index (κ3) is 11.3. The second-order valence-corrected chi connectivity index (χ2v) is 4.67. The summed E-state index contributed by atoms with van der Waals surface area (Å²) in [6.07, 6.45) is 0.815. The molecule has 5 nitrogen and oxygen atoms in total. The molecule has 132 valence electrons. The van der Waals surface area contributed by atoms with Gasteiger partial charge in [0.05, 0.1) is 26.4 Å². The molecule has 0 radical (unpaired) electrons. The van der Waals surface area contributed by atoms with Crippen LogP contribution in [0.15, 0.2) is 29.3 Å². The second-order valence-electron chi connectivity index (χ2n) is 4.67. The first-order valence-electron chi connectivity index (χ1n) is 7.59. The summed E-state index contributed by atoms with van der Waals surface area (Å²) >= 11 is 0. The highest BCUT2D eigenvalue weighted by Crippen LogP contribution is 2.02. The number of ether oxygens (including phenoxy) is 2. The van der Waals surface area contributed by atoms with Crippen LogP contribution in [-0.4, -0.2) is 52.5 Å². The largest absolute Gasteiger partial charge is 0.382 e. The monoisotopic (exact) mass is 439 g/mol. The van der Waals surface area contributed by atoms with E-state index in [1.165, 1.54) is 12.1 Å². The first-order valence-corrected chi connectivity index (χ1v) is 7.59. The Balaban J connectivity index is 0.00000484. The fourth-order valence-corrected chi connectivity index (χ4v) is 1.78. The van der Waals surface area contributed by atoms with Gasteiger partial charge in [-0.05, 0) is 31.0 Å². The summed E-state index contributed by atoms with van der Waals surface area (Å²) in [4.78, 5) is 4.43. The van der Waals surface area contributed by atoms with Crippen LogP contribution < -0.4 is 10.6 Å². The van der Waals surface area contributed by atoms with Crippen LogP contribution in [0.2, 0.25) is 0 Å². The Morgan fingerprint density at radius 2 is 1.87 bits per heavy atom. The molecule has 0 spiro atoms. The maximum Gasteiger partial charge on any atom is 0.191 e. The molecule has 0 saturated carbocycles. The predicted molar refractivity (Wildman–Crippen MR) is 102 cm³/mol. The van der Waals surface area contributed by atoms with Gasteiger partial charge in [-0.15, -0.1) is 24.0 Å². The molecule has 0 aliphatic heterocycles. The average Bonchev–Trinajstić information content (AvgIpc) is 2.52. The van der Waals surface area contributed by atoms with Gasteiger partial charge in [-0.2, -0.15) is 0 Å². The number of rotatable bonds is 10. The molecule has 0 heterocycles. The maximum absolute atomic E-state index is 12.8. The van der Waals surface area contributed by atoms with E-state index < -0.39 is 0 Å². The third-order valence-corrected chi connectivity index (χ3v) is 2.90. The summed E-state index contributed by atoms with van der Waals surface area (Å²) in [5.74, 6) is 0.556. The molecule has 0 fully saturated rings. The molecule has 0 aliphatic carbocycles. The lowest BCUT2D eigenvalue weighted by molar-refractivity contribution is 0.0748. The van der Waals surface area contributed by atoms with Crippen molar-refractivity contribution in [2.75, 3.05) is 46.6 Å². The van der Waals surface area contributed by atoms with Crippen LogP contribution in [0.5, 0.6) is 0 Å². The minimum absolute atomic E-state index is 0. The van der Waals surface area contributed by atoms with Gasteiger partial charge in [0, 0.05) is 20.2 Å². The van der Waals surface area contributed by atoms with Gasteiger partial charge in [0.15, 0.2) is 5.96 Å². The Morgan fingerprint density at radius 1 is 1.13 bits per heavy atom. The van der Waals surface area contributed by atoms with E-state index in [9.17, 15) is 4.39 Å². The van der Waals surface area contributed by atoms with E-state index in [1.807, 2.05) is 6.92 Å². The second kappa shape index (κ2) is 14.6. The van der Waals surface area contributed by atoms with Crippen LogP contribution in [0.4, 0.5) is 4.39 Å². The molecular formula is C16H27FIN3O2. The predicted octanol–water partition coefficient (Wildman–Crippen LogP) is 2.20. The standard InChI is InChI=1S/C16H26FN3O2.HI/c1-3-18-16(20-10-11-22-13-12-21-2)19-9-8-14-4-6-15(17)7-5-14;/h4-7H,3,8-13H2,1-2H3,(H2,18,19,20);1H. The normalized spacial score (nSPS) is 11.0. The van der Waals surface area contributed by atoms with Crippen molar-refractivity contribution in [1.29, 1.82) is 0 Å². The number of hydrogen-bond donors (Lipinski definition) is 2. The summed E-state index contributed by atoms with van der Waals surface area (Å²) in [6.45, 7) is 5.90. The SMILES string of the molecule is CCNC(=NCCOCCOC)NCCc1ccc(F)cc1.I. The number of guanidine groups is 1. The van der Waals surface area contributed by atoms with Gasteiger partial charge in [0.1, 0.15) is 5.82 Å². The topological polar surface area (TPSA) is 54.9 Å². The van der Waals surface area contributed by atoms with Gasteiger partial charge in [-0.1, -0.05) is 12.1 Å². The van der Waals surface area contributed by atoms with Crippen molar-refractivity contribution in [3.63, 3.8) is 0 Å². The number of methoxy groups -OCH3 is 1. The van der Waals surface area contributed by atoms with Crippen LogP contribution in [0.1, 0.15) is 12.5 Å². The first-order chi connectivity index (χ1) is 10.8. The number of hydrogen-bond acceptors (Lipinski definition) is 3. The van der Waals surface area contributed by atoms with Crippen molar-refractivity contribution < 1.29 is 13.9 Å². The Morgan fingerprint density at radius 3 is 2.52 bits per heavy atom. The third-order valence-electron chi connectivity index (χ3n) is 2.90. The van der Waals surface area contributed by atoms with E-state index in [0.717, 1.165) is 31.0 Å². The van der Waals surface area contributed by atoms with Crippen LogP contribution >= 0.6 is 24.0 Å². The highest BCUT2D eigenvalue weighted by atomic mass is 127. The van der Waals surface area contributed by atoms with Crippen molar-refractivity contribution >= 4 is 29.9 Å². The van der Waals surface area contributed by atoms with Gasteiger partial charge < -0.3 is 20.1 Å². The molecular weight excluding hydrogens is 412 g/mol. The van der Waals surface area contributed by atoms with Crippen LogP contribution in [0.25, 0.3) is 0 Å². The van der Waals surface area contributed by atoms with Crippen molar-refractivity contribution in [2.45, 2.75) is 13.3 Å². The summed E-state index contributed by atoms with van der Waals surface area (Å²) in [6, 6.07) is 6.55. The number of benzene rings is 1. The molecule has 7 heteroatoms. The van der Waals surface area contributed by atoms with E-state index in [-0.39, 0.29) is 29.8 Å². The quantitative estimate of drug-likeness (QED) is 0.254. The van der Waals surface area contributed by atoms with Crippen molar-refractivity contribution in [3.8, 4) is 0 Å². The zero-order valence-corrected chi connectivity index (χ0v) is 16.1. The molecule has 1 aromatic rings. The molecule has 0 aliphatic rings. The molecule has 0 aromatic heterocycles. The minimum atomic E-state index is -0.208. The zero-order chi connectivity index (χ0) is 16.0. The van der Waals surface area contributed by atoms with Crippen LogP contribution in [0.3, 0.4) is 0 Å². The fourth-order valence-electron chi connectivity index (χ4n) is 1.78. The Hall–Kier alpha value is -0.930. The van der Waals surface area contributed by atoms with E-state index in [4.69, 9.17) is 9.47 Å². The van der Waals surface area contributed by atoms with E-state index in [2.05, 4.69) is 15.6 Å². The first kappa shape index (κ1) is 22.1. The molecule has 2 N–H and O–H groups in total. The van der Waals surface area contributed by atoms with E-state index in [1.54, 1.807) is 19.2 Å². The highest BCUT2D eigenvalue weighted by Gasteiger charge is 1.98. The summed E-state index contributed by atoms with van der Waals surface area (Å²) in [5.41, 5.74) is 1.09. The Labute approximate surface area is 155 Å². The van der Waals surface area contributed by atoms with Crippen molar-refractivity contribution in [2.24, 2.45) is 4.99 Å². The lowest BCUT2D eigenvalue weighted by Gasteiger charge is -2.11. The van der Waals surface area contributed by atoms with E-state index >= 15 is 0 Å². The molecule has 0 saturated heterocycles. The zero-order valence-electron chi connectivity index (χ0n) is 13.8. The molecule has 0 amide bonds. The van der Waals surface area contributed by atoms with Gasteiger partial charge in [0.25, 0.3) is 0 Å². The minimum Gasteiger partial charge on any atom is -0.382 e. The molecule has 1 rings (SSSR count). The Bertz CT molecular complexity index is 430. The van der Waals surface area contributed by atoms with Crippen molar-refractivity contribution in [1.82, 2.24) is 10.6 Å². The molecule has 0 unspecified atom stereocenters. The average molecular weight is 439 g/mol. The molecule has 23 heavy (non-hydrogen) atoms. The summed E-state index contributed by atoms with van der Waals surface area (Å²) in [7, 11) is 1.65. The lowest BCUT2D eigenvalue weighted by atomic mass is 10.1. The van der Waals surface area contributed by atoms with Crippen molar-refractivity contribution in [3.05, 3.63) is 35.6 Å². The Kier molecular flexibility index (Phi) is 14.1. The number of nitrogens with one attached hydrogen (secondary N) is 2. The summed E-state index contributed by atoms with van der Waals surface area (Å²) < 4.78 is 23.1. The van der Waals surface area contributed by atoms with Crippen LogP contribution in [0, 0.1) is 5.82 Å². The molecule has 1 aromatic carbocycles. The summed E-state index contributed by atoms with van der Waals surface area (Å²) in [5, 5.41) is 6.43. The number of aliphatic imine (C=N–C) groups is 1. The maximum atomic E-state index is 12.8. The van der Waals surface area contributed by atoms with Gasteiger partial charge in [-0.25, -0.2) is 4.39 Å². The number of nitrogens with zero attached hydrogens (tertiary/aromatic N) is 1.